The summed E-state index contributed by atoms with van der Waals surface area (Å²) in [4.78, 5) is 14.4. The molecule has 1 amide bonds. The Kier molecular flexibility index (Phi) is 5.08. The van der Waals surface area contributed by atoms with Crippen LogP contribution in [0.5, 0.6) is 0 Å². The van der Waals surface area contributed by atoms with Crippen molar-refractivity contribution in [2.75, 3.05) is 19.7 Å². The maximum absolute atomic E-state index is 12.5. The summed E-state index contributed by atoms with van der Waals surface area (Å²) in [5.41, 5.74) is 2.84. The van der Waals surface area contributed by atoms with Crippen LogP contribution in [-0.2, 0) is 11.2 Å². The van der Waals surface area contributed by atoms with Crippen molar-refractivity contribution in [1.82, 2.24) is 15.1 Å². The third-order valence-corrected chi connectivity index (χ3v) is 4.32. The molecule has 122 valence electrons. The van der Waals surface area contributed by atoms with Gasteiger partial charge in [-0.25, -0.2) is 0 Å². The molecule has 3 rings (SSSR count). The van der Waals surface area contributed by atoms with Crippen LogP contribution in [0.2, 0.25) is 0 Å². The summed E-state index contributed by atoms with van der Waals surface area (Å²) in [5.74, 6) is 0.0487. The minimum atomic E-state index is 0.0487. The number of benzene rings is 1. The maximum Gasteiger partial charge on any atom is 0.257 e. The minimum absolute atomic E-state index is 0.0487. The van der Waals surface area contributed by atoms with Crippen molar-refractivity contribution in [3.05, 3.63) is 53.3 Å². The predicted molar refractivity (Wildman–Crippen MR) is 88.3 cm³/mol. The van der Waals surface area contributed by atoms with Crippen LogP contribution in [0.4, 0.5) is 0 Å². The van der Waals surface area contributed by atoms with Crippen LogP contribution in [0.1, 0.15) is 34.5 Å². The summed E-state index contributed by atoms with van der Waals surface area (Å²) in [7, 11) is 0. The van der Waals surface area contributed by atoms with E-state index < -0.39 is 0 Å². The zero-order valence-electron chi connectivity index (χ0n) is 13.5. The fraction of sp³-hybridized carbons (Fsp3) is 0.444. The lowest BCUT2D eigenvalue weighted by Crippen LogP contribution is -2.45. The molecule has 5 heteroatoms. The third kappa shape index (κ3) is 3.99. The van der Waals surface area contributed by atoms with Crippen LogP contribution in [0.3, 0.4) is 0 Å². The van der Waals surface area contributed by atoms with Crippen LogP contribution in [-0.4, -0.2) is 46.8 Å². The number of amides is 1. The van der Waals surface area contributed by atoms with Crippen molar-refractivity contribution in [2.24, 2.45) is 0 Å². The molecule has 2 aromatic rings. The topological polar surface area (TPSA) is 58.2 Å². The Morgan fingerprint density at radius 2 is 2.22 bits per heavy atom. The van der Waals surface area contributed by atoms with Crippen LogP contribution in [0.15, 0.2) is 36.5 Å². The van der Waals surface area contributed by atoms with Crippen molar-refractivity contribution in [3.63, 3.8) is 0 Å². The Labute approximate surface area is 136 Å². The molecule has 0 spiro atoms. The molecule has 1 aromatic heterocycles. The molecule has 1 aliphatic heterocycles. The molecule has 0 aliphatic carbocycles. The largest absolute Gasteiger partial charge is 0.375 e. The highest BCUT2D eigenvalue weighted by Gasteiger charge is 2.26. The smallest absolute Gasteiger partial charge is 0.257 e. The van der Waals surface area contributed by atoms with Crippen LogP contribution >= 0.6 is 0 Å². The van der Waals surface area contributed by atoms with Crippen LogP contribution in [0, 0.1) is 6.92 Å². The number of rotatable bonds is 5. The van der Waals surface area contributed by atoms with Gasteiger partial charge in [-0.3, -0.25) is 9.89 Å². The van der Waals surface area contributed by atoms with Gasteiger partial charge < -0.3 is 9.64 Å². The molecule has 1 aromatic carbocycles. The summed E-state index contributed by atoms with van der Waals surface area (Å²) in [6, 6.07) is 10.5. The van der Waals surface area contributed by atoms with Gasteiger partial charge in [0.1, 0.15) is 0 Å². The average molecular weight is 313 g/mol. The van der Waals surface area contributed by atoms with E-state index in [1.165, 1.54) is 5.56 Å². The number of aryl methyl sites for hydroxylation is 2. The molecule has 23 heavy (non-hydrogen) atoms. The van der Waals surface area contributed by atoms with Crippen LogP contribution < -0.4 is 0 Å². The Bertz CT molecular complexity index is 639. The molecule has 0 radical (unpaired) electrons. The molecule has 1 saturated heterocycles. The first kappa shape index (κ1) is 15.7. The van der Waals surface area contributed by atoms with Gasteiger partial charge in [0.05, 0.1) is 24.5 Å². The number of carbonyl (C=O) groups excluding carboxylic acids is 1. The van der Waals surface area contributed by atoms with E-state index in [0.29, 0.717) is 25.3 Å². The van der Waals surface area contributed by atoms with E-state index in [9.17, 15) is 4.79 Å². The van der Waals surface area contributed by atoms with Gasteiger partial charge in [0, 0.05) is 18.8 Å². The van der Waals surface area contributed by atoms with E-state index in [1.54, 1.807) is 6.20 Å². The monoisotopic (exact) mass is 313 g/mol. The minimum Gasteiger partial charge on any atom is -0.375 e. The quantitative estimate of drug-likeness (QED) is 0.923. The zero-order chi connectivity index (χ0) is 16.1. The number of aromatic amines is 1. The summed E-state index contributed by atoms with van der Waals surface area (Å²) in [6.45, 7) is 3.80. The molecule has 1 fully saturated rings. The van der Waals surface area contributed by atoms with Gasteiger partial charge in [-0.2, -0.15) is 5.10 Å². The molecule has 1 aliphatic rings. The second-order valence-corrected chi connectivity index (χ2v) is 6.03. The first-order chi connectivity index (χ1) is 11.2. The standard InChI is InChI=1S/C18H23N3O2/c1-14-17(12-19-20-14)18(22)21-10-11-23-16(13-21)9-5-8-15-6-3-2-4-7-15/h2-4,6-7,12,16H,5,8-11,13H2,1H3,(H,19,20)/t16-/m1/s1. The zero-order valence-corrected chi connectivity index (χ0v) is 13.5. The summed E-state index contributed by atoms with van der Waals surface area (Å²) in [6.07, 6.45) is 4.83. The fourth-order valence-electron chi connectivity index (χ4n) is 2.99. The third-order valence-electron chi connectivity index (χ3n) is 4.32. The Morgan fingerprint density at radius 1 is 1.39 bits per heavy atom. The lowest BCUT2D eigenvalue weighted by molar-refractivity contribution is -0.0255. The molecule has 0 saturated carbocycles. The van der Waals surface area contributed by atoms with Gasteiger partial charge in [0.2, 0.25) is 0 Å². The second-order valence-electron chi connectivity index (χ2n) is 6.03. The maximum atomic E-state index is 12.5. The number of hydrogen-bond acceptors (Lipinski definition) is 3. The van der Waals surface area contributed by atoms with Gasteiger partial charge in [-0.1, -0.05) is 30.3 Å². The van der Waals surface area contributed by atoms with Crippen LogP contribution in [0.25, 0.3) is 0 Å². The lowest BCUT2D eigenvalue weighted by Gasteiger charge is -2.33. The fourth-order valence-corrected chi connectivity index (χ4v) is 2.99. The van der Waals surface area contributed by atoms with E-state index in [4.69, 9.17) is 4.74 Å². The van der Waals surface area contributed by atoms with Crippen molar-refractivity contribution in [2.45, 2.75) is 32.3 Å². The molecule has 1 N–H and O–H groups in total. The summed E-state index contributed by atoms with van der Waals surface area (Å²) < 4.78 is 5.83. The first-order valence-electron chi connectivity index (χ1n) is 8.19. The molecular formula is C18H23N3O2. The predicted octanol–water partition coefficient (Wildman–Crippen LogP) is 2.58. The van der Waals surface area contributed by atoms with Crippen molar-refractivity contribution in [3.8, 4) is 0 Å². The highest BCUT2D eigenvalue weighted by atomic mass is 16.5. The van der Waals surface area contributed by atoms with Crippen molar-refractivity contribution >= 4 is 5.91 Å². The van der Waals surface area contributed by atoms with Gasteiger partial charge in [-0.15, -0.1) is 0 Å². The van der Waals surface area contributed by atoms with Crippen molar-refractivity contribution in [1.29, 1.82) is 0 Å². The molecule has 0 unspecified atom stereocenters. The van der Waals surface area contributed by atoms with Gasteiger partial charge in [0.15, 0.2) is 0 Å². The number of aromatic nitrogens is 2. The number of carbonyl (C=O) groups is 1. The molecule has 1 atom stereocenters. The van der Waals surface area contributed by atoms with E-state index >= 15 is 0 Å². The summed E-state index contributed by atoms with van der Waals surface area (Å²) >= 11 is 0. The summed E-state index contributed by atoms with van der Waals surface area (Å²) in [5, 5.41) is 6.76. The first-order valence-corrected chi connectivity index (χ1v) is 8.19. The molecule has 2 heterocycles. The van der Waals surface area contributed by atoms with Gasteiger partial charge in [-0.05, 0) is 31.7 Å². The van der Waals surface area contributed by atoms with E-state index in [-0.39, 0.29) is 12.0 Å². The number of nitrogens with one attached hydrogen (secondary N) is 1. The Balaban J connectivity index is 1.50. The Hall–Kier alpha value is -2.14. The lowest BCUT2D eigenvalue weighted by atomic mass is 10.0. The number of nitrogens with zero attached hydrogens (tertiary/aromatic N) is 2. The van der Waals surface area contributed by atoms with E-state index in [1.807, 2.05) is 17.9 Å². The molecular weight excluding hydrogens is 290 g/mol. The molecule has 5 nitrogen and oxygen atoms in total. The van der Waals surface area contributed by atoms with Gasteiger partial charge >= 0.3 is 0 Å². The number of morpholine rings is 1. The SMILES string of the molecule is Cc1[nH]ncc1C(=O)N1CCO[C@H](CCCc2ccccc2)C1. The van der Waals surface area contributed by atoms with E-state index in [2.05, 4.69) is 34.5 Å². The average Bonchev–Trinajstić information content (AvgIpc) is 3.01. The second kappa shape index (κ2) is 7.42. The number of ether oxygens (including phenoxy) is 1. The van der Waals surface area contributed by atoms with Gasteiger partial charge in [0.25, 0.3) is 5.91 Å². The highest BCUT2D eigenvalue weighted by molar-refractivity contribution is 5.95. The Morgan fingerprint density at radius 3 is 2.96 bits per heavy atom. The number of H-pyrrole nitrogens is 1. The van der Waals surface area contributed by atoms with E-state index in [0.717, 1.165) is 25.0 Å². The number of hydrogen-bond donors (Lipinski definition) is 1. The molecule has 0 bridgehead atoms. The normalized spacial score (nSPS) is 18.1. The highest BCUT2D eigenvalue weighted by Crippen LogP contribution is 2.16. The van der Waals surface area contributed by atoms with Crippen molar-refractivity contribution < 1.29 is 9.53 Å².